The lowest BCUT2D eigenvalue weighted by Gasteiger charge is -2.12. The van der Waals surface area contributed by atoms with E-state index in [4.69, 9.17) is 4.74 Å². The van der Waals surface area contributed by atoms with Crippen LogP contribution in [0.25, 0.3) is 0 Å². The maximum atomic E-state index is 11.4. The minimum absolute atomic E-state index is 0.122. The van der Waals surface area contributed by atoms with Gasteiger partial charge in [0.15, 0.2) is 0 Å². The van der Waals surface area contributed by atoms with E-state index in [9.17, 15) is 9.59 Å². The van der Waals surface area contributed by atoms with Crippen molar-refractivity contribution in [3.05, 3.63) is 35.9 Å². The van der Waals surface area contributed by atoms with E-state index in [1.807, 2.05) is 30.3 Å². The second-order valence-electron chi connectivity index (χ2n) is 3.89. The molecule has 0 saturated carbocycles. The Labute approximate surface area is 106 Å². The lowest BCUT2D eigenvalue weighted by atomic mass is 10.2. The van der Waals surface area contributed by atoms with Gasteiger partial charge in [0.25, 0.3) is 0 Å². The fourth-order valence-corrected chi connectivity index (χ4v) is 1.35. The minimum Gasteiger partial charge on any atom is -0.469 e. The predicted molar refractivity (Wildman–Crippen MR) is 65.9 cm³/mol. The smallest absolute Gasteiger partial charge is 0.407 e. The Kier molecular flexibility index (Phi) is 5.70. The molecule has 1 aromatic carbocycles. The summed E-state index contributed by atoms with van der Waals surface area (Å²) in [5.74, 6) is -0.370. The van der Waals surface area contributed by atoms with Gasteiger partial charge in [-0.25, -0.2) is 4.79 Å². The van der Waals surface area contributed by atoms with Gasteiger partial charge in [0.1, 0.15) is 6.61 Å². The third kappa shape index (κ3) is 5.34. The van der Waals surface area contributed by atoms with Crippen molar-refractivity contribution in [1.82, 2.24) is 5.32 Å². The van der Waals surface area contributed by atoms with Gasteiger partial charge in [-0.15, -0.1) is 0 Å². The molecule has 0 spiro atoms. The average Bonchev–Trinajstić information content (AvgIpc) is 2.37. The zero-order valence-corrected chi connectivity index (χ0v) is 10.5. The molecule has 0 aliphatic rings. The second-order valence-corrected chi connectivity index (χ2v) is 3.89. The molecule has 1 amide bonds. The largest absolute Gasteiger partial charge is 0.469 e. The van der Waals surface area contributed by atoms with Gasteiger partial charge in [0.05, 0.1) is 13.5 Å². The molecule has 0 aliphatic carbocycles. The fourth-order valence-electron chi connectivity index (χ4n) is 1.35. The summed E-state index contributed by atoms with van der Waals surface area (Å²) in [5, 5.41) is 2.55. The van der Waals surface area contributed by atoms with E-state index in [-0.39, 0.29) is 25.0 Å². The molecule has 0 radical (unpaired) electrons. The van der Waals surface area contributed by atoms with Crippen molar-refractivity contribution in [2.75, 3.05) is 7.11 Å². The Morgan fingerprint density at radius 2 is 1.94 bits per heavy atom. The number of hydrogen-bond donors (Lipinski definition) is 1. The molecule has 0 unspecified atom stereocenters. The molecule has 0 aromatic heterocycles. The van der Waals surface area contributed by atoms with Crippen LogP contribution in [-0.2, 0) is 20.9 Å². The maximum Gasteiger partial charge on any atom is 0.407 e. The number of hydrogen-bond acceptors (Lipinski definition) is 4. The molecule has 0 fully saturated rings. The Bertz CT molecular complexity index is 391. The number of esters is 1. The van der Waals surface area contributed by atoms with E-state index in [1.165, 1.54) is 7.11 Å². The highest BCUT2D eigenvalue weighted by molar-refractivity contribution is 5.72. The third-order valence-corrected chi connectivity index (χ3v) is 2.28. The number of nitrogens with one attached hydrogen (secondary N) is 1. The van der Waals surface area contributed by atoms with E-state index in [1.54, 1.807) is 6.92 Å². The summed E-state index contributed by atoms with van der Waals surface area (Å²) in [4.78, 5) is 22.4. The van der Waals surface area contributed by atoms with Crippen molar-refractivity contribution < 1.29 is 19.1 Å². The first-order chi connectivity index (χ1) is 8.61. The van der Waals surface area contributed by atoms with Gasteiger partial charge in [-0.1, -0.05) is 30.3 Å². The fraction of sp³-hybridized carbons (Fsp3) is 0.385. The molecule has 18 heavy (non-hydrogen) atoms. The molecular formula is C13H17NO4. The third-order valence-electron chi connectivity index (χ3n) is 2.28. The second kappa shape index (κ2) is 7.32. The van der Waals surface area contributed by atoms with E-state index >= 15 is 0 Å². The molecule has 0 bridgehead atoms. The topological polar surface area (TPSA) is 64.6 Å². The van der Waals surface area contributed by atoms with E-state index in [2.05, 4.69) is 10.1 Å². The van der Waals surface area contributed by atoms with Crippen molar-refractivity contribution in [2.24, 2.45) is 0 Å². The number of carbonyl (C=O) groups excluding carboxylic acids is 2. The zero-order chi connectivity index (χ0) is 13.4. The summed E-state index contributed by atoms with van der Waals surface area (Å²) in [5.41, 5.74) is 0.910. The van der Waals surface area contributed by atoms with Gasteiger partial charge in [0.2, 0.25) is 0 Å². The molecule has 98 valence electrons. The minimum atomic E-state index is -0.546. The molecule has 0 heterocycles. The van der Waals surface area contributed by atoms with Crippen molar-refractivity contribution >= 4 is 12.1 Å². The average molecular weight is 251 g/mol. The van der Waals surface area contributed by atoms with Gasteiger partial charge in [-0.3, -0.25) is 4.79 Å². The molecule has 1 aromatic rings. The van der Waals surface area contributed by atoms with Crippen molar-refractivity contribution in [3.63, 3.8) is 0 Å². The quantitative estimate of drug-likeness (QED) is 0.811. The molecule has 5 nitrogen and oxygen atoms in total. The lowest BCUT2D eigenvalue weighted by Crippen LogP contribution is -2.34. The molecular weight excluding hydrogens is 234 g/mol. The molecule has 1 N–H and O–H groups in total. The monoisotopic (exact) mass is 251 g/mol. The Hall–Kier alpha value is -2.04. The Morgan fingerprint density at radius 3 is 2.56 bits per heavy atom. The van der Waals surface area contributed by atoms with Crippen LogP contribution in [0.5, 0.6) is 0 Å². The molecule has 0 saturated heterocycles. The van der Waals surface area contributed by atoms with Crippen LogP contribution in [0.3, 0.4) is 0 Å². The van der Waals surface area contributed by atoms with Crippen LogP contribution in [0.2, 0.25) is 0 Å². The van der Waals surface area contributed by atoms with Crippen LogP contribution in [0.4, 0.5) is 4.79 Å². The summed E-state index contributed by atoms with van der Waals surface area (Å²) in [7, 11) is 1.31. The Balaban J connectivity index is 2.27. The SMILES string of the molecule is COC(=O)C[C@@H](C)NC(=O)OCc1ccccc1. The van der Waals surface area contributed by atoms with Crippen LogP contribution in [0, 0.1) is 0 Å². The van der Waals surface area contributed by atoms with E-state index in [0.29, 0.717) is 0 Å². The highest BCUT2D eigenvalue weighted by Gasteiger charge is 2.12. The van der Waals surface area contributed by atoms with Crippen LogP contribution >= 0.6 is 0 Å². The van der Waals surface area contributed by atoms with Gasteiger partial charge in [0, 0.05) is 6.04 Å². The van der Waals surface area contributed by atoms with E-state index < -0.39 is 6.09 Å². The van der Waals surface area contributed by atoms with Gasteiger partial charge < -0.3 is 14.8 Å². The van der Waals surface area contributed by atoms with Gasteiger partial charge >= 0.3 is 12.1 Å². The van der Waals surface area contributed by atoms with Gasteiger partial charge in [-0.2, -0.15) is 0 Å². The van der Waals surface area contributed by atoms with Gasteiger partial charge in [-0.05, 0) is 12.5 Å². The molecule has 5 heteroatoms. The highest BCUT2D eigenvalue weighted by Crippen LogP contribution is 2.01. The summed E-state index contributed by atoms with van der Waals surface area (Å²) in [6.45, 7) is 1.91. The zero-order valence-electron chi connectivity index (χ0n) is 10.5. The van der Waals surface area contributed by atoms with Crippen molar-refractivity contribution in [1.29, 1.82) is 0 Å². The molecule has 1 rings (SSSR count). The standard InChI is InChI=1S/C13H17NO4/c1-10(8-12(15)17-2)14-13(16)18-9-11-6-4-3-5-7-11/h3-7,10H,8-9H2,1-2H3,(H,14,16)/t10-/m1/s1. The number of ether oxygens (including phenoxy) is 2. The number of carbonyl (C=O) groups is 2. The van der Waals surface area contributed by atoms with Crippen LogP contribution in [0.1, 0.15) is 18.9 Å². The molecule has 1 atom stereocenters. The maximum absolute atomic E-state index is 11.4. The predicted octanol–water partition coefficient (Wildman–Crippen LogP) is 1.86. The first kappa shape index (κ1) is 14.0. The van der Waals surface area contributed by atoms with E-state index in [0.717, 1.165) is 5.56 Å². The normalized spacial score (nSPS) is 11.4. The number of benzene rings is 1. The lowest BCUT2D eigenvalue weighted by molar-refractivity contribution is -0.141. The number of amides is 1. The highest BCUT2D eigenvalue weighted by atomic mass is 16.5. The summed E-state index contributed by atoms with van der Waals surface area (Å²) in [6, 6.07) is 9.05. The van der Waals surface area contributed by atoms with Crippen LogP contribution in [-0.4, -0.2) is 25.2 Å². The number of alkyl carbamates (subject to hydrolysis) is 1. The van der Waals surface area contributed by atoms with Crippen LogP contribution < -0.4 is 5.32 Å². The summed E-state index contributed by atoms with van der Waals surface area (Å²) < 4.78 is 9.51. The Morgan fingerprint density at radius 1 is 1.28 bits per heavy atom. The number of rotatable bonds is 5. The van der Waals surface area contributed by atoms with Crippen molar-refractivity contribution in [3.8, 4) is 0 Å². The first-order valence-corrected chi connectivity index (χ1v) is 5.66. The van der Waals surface area contributed by atoms with Crippen LogP contribution in [0.15, 0.2) is 30.3 Å². The summed E-state index contributed by atoms with van der Waals surface area (Å²) in [6.07, 6.45) is -0.424. The first-order valence-electron chi connectivity index (χ1n) is 5.66. The summed E-state index contributed by atoms with van der Waals surface area (Å²) >= 11 is 0. The number of methoxy groups -OCH3 is 1. The van der Waals surface area contributed by atoms with Crippen molar-refractivity contribution in [2.45, 2.75) is 26.0 Å². The molecule has 0 aliphatic heterocycles.